The molecule has 2 rings (SSSR count). The Hall–Kier alpha value is -2.71. The molecule has 0 saturated carbocycles. The minimum absolute atomic E-state index is 0.0182. The average Bonchev–Trinajstić information content (AvgIpc) is 2.65. The topological polar surface area (TPSA) is 71.3 Å². The molecule has 0 heterocycles. The third-order valence-corrected chi connectivity index (χ3v) is 4.10. The first kappa shape index (κ1) is 19.6. The summed E-state index contributed by atoms with van der Waals surface area (Å²) in [4.78, 5) is 12.1. The van der Waals surface area contributed by atoms with Gasteiger partial charge >= 0.3 is 0 Å². The highest BCUT2D eigenvalue weighted by atomic mass is 35.5. The Balaban J connectivity index is 1.86. The first-order chi connectivity index (χ1) is 12.5. The van der Waals surface area contributed by atoms with E-state index in [9.17, 15) is 4.79 Å². The van der Waals surface area contributed by atoms with Crippen molar-refractivity contribution in [2.75, 3.05) is 13.7 Å². The number of rotatable bonds is 8. The van der Waals surface area contributed by atoms with Gasteiger partial charge in [0.25, 0.3) is 5.91 Å². The average molecular weight is 373 g/mol. The summed E-state index contributed by atoms with van der Waals surface area (Å²) >= 11 is 6.11. The first-order valence-electron chi connectivity index (χ1n) is 8.27. The van der Waals surface area contributed by atoms with Gasteiger partial charge in [-0.05, 0) is 31.4 Å². The summed E-state index contributed by atoms with van der Waals surface area (Å²) in [6.07, 6.45) is 1.72. The van der Waals surface area contributed by atoms with Crippen LogP contribution in [0.1, 0.15) is 24.5 Å². The number of ether oxygens (including phenoxy) is 2. The fourth-order valence-corrected chi connectivity index (χ4v) is 2.74. The van der Waals surface area contributed by atoms with Crippen molar-refractivity contribution in [1.29, 1.82) is 5.26 Å². The number of halogens is 1. The molecular formula is C20H21ClN2O3. The van der Waals surface area contributed by atoms with Crippen molar-refractivity contribution in [3.05, 3.63) is 58.6 Å². The highest BCUT2D eigenvalue weighted by Gasteiger charge is 2.15. The molecule has 136 valence electrons. The summed E-state index contributed by atoms with van der Waals surface area (Å²) in [7, 11) is 1.45. The van der Waals surface area contributed by atoms with Gasteiger partial charge in [-0.15, -0.1) is 0 Å². The molecule has 0 aromatic heterocycles. The first-order valence-corrected chi connectivity index (χ1v) is 8.65. The van der Waals surface area contributed by atoms with E-state index in [1.54, 1.807) is 0 Å². The number of carbonyl (C=O) groups is 1. The molecule has 1 atom stereocenters. The highest BCUT2D eigenvalue weighted by molar-refractivity contribution is 6.32. The van der Waals surface area contributed by atoms with Gasteiger partial charge in [0.15, 0.2) is 18.1 Å². The van der Waals surface area contributed by atoms with Crippen LogP contribution < -0.4 is 14.8 Å². The summed E-state index contributed by atoms with van der Waals surface area (Å²) in [5.41, 5.74) is 1.59. The lowest BCUT2D eigenvalue weighted by Gasteiger charge is -2.16. The number of benzene rings is 2. The number of hydrogen-bond donors (Lipinski definition) is 1. The molecule has 26 heavy (non-hydrogen) atoms. The maximum Gasteiger partial charge on any atom is 0.258 e. The SMILES string of the molecule is COc1cc(C#N)cc(Cl)c1OCC(=O)N[C@H](C)CCc1ccccc1. The van der Waals surface area contributed by atoms with Crippen LogP contribution in [-0.2, 0) is 11.2 Å². The molecule has 0 bridgehead atoms. The van der Waals surface area contributed by atoms with E-state index in [-0.39, 0.29) is 29.3 Å². The fraction of sp³-hybridized carbons (Fsp3) is 0.300. The number of hydrogen-bond acceptors (Lipinski definition) is 4. The van der Waals surface area contributed by atoms with E-state index in [4.69, 9.17) is 26.3 Å². The number of nitriles is 1. The van der Waals surface area contributed by atoms with Crippen LogP contribution in [0.3, 0.4) is 0 Å². The normalized spacial score (nSPS) is 11.3. The zero-order chi connectivity index (χ0) is 18.9. The van der Waals surface area contributed by atoms with E-state index in [2.05, 4.69) is 17.4 Å². The van der Waals surface area contributed by atoms with Crippen LogP contribution in [0.2, 0.25) is 5.02 Å². The van der Waals surface area contributed by atoms with Crippen molar-refractivity contribution in [2.45, 2.75) is 25.8 Å². The van der Waals surface area contributed by atoms with Gasteiger partial charge in [0.1, 0.15) is 0 Å². The molecule has 2 aromatic rings. The predicted molar refractivity (Wildman–Crippen MR) is 101 cm³/mol. The summed E-state index contributed by atoms with van der Waals surface area (Å²) in [5, 5.41) is 12.1. The zero-order valence-corrected chi connectivity index (χ0v) is 15.5. The molecule has 0 spiro atoms. The molecule has 2 aromatic carbocycles. The number of carbonyl (C=O) groups excluding carboxylic acids is 1. The lowest BCUT2D eigenvalue weighted by atomic mass is 10.1. The molecule has 5 nitrogen and oxygen atoms in total. The molecule has 0 unspecified atom stereocenters. The summed E-state index contributed by atoms with van der Waals surface area (Å²) in [6.45, 7) is 1.77. The second kappa shape index (κ2) is 9.69. The Morgan fingerprint density at radius 3 is 2.69 bits per heavy atom. The second-order valence-corrected chi connectivity index (χ2v) is 6.29. The molecule has 1 amide bonds. The van der Waals surface area contributed by atoms with Gasteiger partial charge in [0, 0.05) is 12.1 Å². The number of nitrogens with one attached hydrogen (secondary N) is 1. The maximum atomic E-state index is 12.1. The third kappa shape index (κ3) is 5.68. The standard InChI is InChI=1S/C20H21ClN2O3/c1-14(8-9-15-6-4-3-5-7-15)23-19(24)13-26-20-17(21)10-16(12-22)11-18(20)25-2/h3-7,10-11,14H,8-9,13H2,1-2H3,(H,23,24)/t14-/m1/s1. The molecule has 0 radical (unpaired) electrons. The van der Waals surface area contributed by atoms with Gasteiger partial charge < -0.3 is 14.8 Å². The van der Waals surface area contributed by atoms with Gasteiger partial charge in [0.2, 0.25) is 0 Å². The molecule has 0 saturated heterocycles. The number of aryl methyl sites for hydroxylation is 1. The van der Waals surface area contributed by atoms with Crippen LogP contribution in [-0.4, -0.2) is 25.7 Å². The summed E-state index contributed by atoms with van der Waals surface area (Å²) in [5.74, 6) is 0.326. The van der Waals surface area contributed by atoms with Crippen molar-refractivity contribution >= 4 is 17.5 Å². The van der Waals surface area contributed by atoms with Crippen LogP contribution >= 0.6 is 11.6 Å². The van der Waals surface area contributed by atoms with E-state index in [0.717, 1.165) is 12.8 Å². The van der Waals surface area contributed by atoms with Crippen LogP contribution in [0, 0.1) is 11.3 Å². The van der Waals surface area contributed by atoms with Crippen molar-refractivity contribution < 1.29 is 14.3 Å². The Bertz CT molecular complexity index is 788. The quantitative estimate of drug-likeness (QED) is 0.766. The highest BCUT2D eigenvalue weighted by Crippen LogP contribution is 2.36. The lowest BCUT2D eigenvalue weighted by Crippen LogP contribution is -2.36. The van der Waals surface area contributed by atoms with Crippen molar-refractivity contribution in [3.63, 3.8) is 0 Å². The minimum Gasteiger partial charge on any atom is -0.493 e. The Morgan fingerprint density at radius 1 is 1.31 bits per heavy atom. The minimum atomic E-state index is -0.243. The third-order valence-electron chi connectivity index (χ3n) is 3.82. The molecule has 1 N–H and O–H groups in total. The van der Waals surface area contributed by atoms with Gasteiger partial charge in [0.05, 0.1) is 23.8 Å². The molecule has 0 aliphatic heterocycles. The molecule has 0 aliphatic rings. The Kier molecular flexibility index (Phi) is 7.31. The summed E-state index contributed by atoms with van der Waals surface area (Å²) in [6, 6.07) is 15.1. The Morgan fingerprint density at radius 2 is 2.04 bits per heavy atom. The van der Waals surface area contributed by atoms with E-state index >= 15 is 0 Å². The molecule has 6 heteroatoms. The monoisotopic (exact) mass is 372 g/mol. The van der Waals surface area contributed by atoms with E-state index < -0.39 is 0 Å². The molecular weight excluding hydrogens is 352 g/mol. The van der Waals surface area contributed by atoms with Crippen molar-refractivity contribution in [3.8, 4) is 17.6 Å². The van der Waals surface area contributed by atoms with Crippen LogP contribution in [0.5, 0.6) is 11.5 Å². The van der Waals surface area contributed by atoms with Crippen LogP contribution in [0.25, 0.3) is 0 Å². The fourth-order valence-electron chi connectivity index (χ4n) is 2.48. The van der Waals surface area contributed by atoms with Gasteiger partial charge in [-0.1, -0.05) is 41.9 Å². The predicted octanol–water partition coefficient (Wildman–Crippen LogP) is 3.74. The van der Waals surface area contributed by atoms with Gasteiger partial charge in [-0.25, -0.2) is 0 Å². The van der Waals surface area contributed by atoms with Crippen LogP contribution in [0.4, 0.5) is 0 Å². The smallest absolute Gasteiger partial charge is 0.258 e. The number of amides is 1. The van der Waals surface area contributed by atoms with E-state index in [0.29, 0.717) is 11.3 Å². The number of methoxy groups -OCH3 is 1. The Labute approximate surface area is 158 Å². The van der Waals surface area contributed by atoms with E-state index in [1.165, 1.54) is 24.8 Å². The second-order valence-electron chi connectivity index (χ2n) is 5.88. The lowest BCUT2D eigenvalue weighted by molar-refractivity contribution is -0.123. The maximum absolute atomic E-state index is 12.1. The van der Waals surface area contributed by atoms with Crippen molar-refractivity contribution in [2.24, 2.45) is 0 Å². The van der Waals surface area contributed by atoms with Gasteiger partial charge in [-0.3, -0.25) is 4.79 Å². The van der Waals surface area contributed by atoms with Crippen LogP contribution in [0.15, 0.2) is 42.5 Å². The molecule has 0 aliphatic carbocycles. The van der Waals surface area contributed by atoms with E-state index in [1.807, 2.05) is 31.2 Å². The summed E-state index contributed by atoms with van der Waals surface area (Å²) < 4.78 is 10.7. The van der Waals surface area contributed by atoms with Crippen molar-refractivity contribution in [1.82, 2.24) is 5.32 Å². The number of nitrogens with zero attached hydrogens (tertiary/aromatic N) is 1. The largest absolute Gasteiger partial charge is 0.493 e. The van der Waals surface area contributed by atoms with Gasteiger partial charge in [-0.2, -0.15) is 5.26 Å². The zero-order valence-electron chi connectivity index (χ0n) is 14.8. The molecule has 0 fully saturated rings.